The summed E-state index contributed by atoms with van der Waals surface area (Å²) in [4.78, 5) is 11.4. The van der Waals surface area contributed by atoms with E-state index in [-0.39, 0.29) is 10.8 Å². The molecule has 110 valence electrons. The molecule has 0 aliphatic heterocycles. The normalized spacial score (nSPS) is 17.1. The van der Waals surface area contributed by atoms with Gasteiger partial charge in [-0.15, -0.1) is 0 Å². The summed E-state index contributed by atoms with van der Waals surface area (Å²) in [5.74, 6) is -0.614. The number of hydrogen-bond acceptors (Lipinski definition) is 3. The van der Waals surface area contributed by atoms with Gasteiger partial charge in [-0.05, 0) is 36.5 Å². The van der Waals surface area contributed by atoms with Crippen LogP contribution in [0.5, 0.6) is 0 Å². The maximum atomic E-state index is 12.0. The molecule has 6 heteroatoms. The van der Waals surface area contributed by atoms with E-state index in [0.717, 1.165) is 0 Å². The fourth-order valence-electron chi connectivity index (χ4n) is 2.06. The number of carboxylic acid groups (broad SMARTS) is 1. The molecule has 1 fully saturated rings. The highest BCUT2D eigenvalue weighted by molar-refractivity contribution is 7.89. The zero-order valence-electron chi connectivity index (χ0n) is 11.6. The van der Waals surface area contributed by atoms with E-state index < -0.39 is 21.4 Å². The van der Waals surface area contributed by atoms with Crippen molar-refractivity contribution in [3.8, 4) is 0 Å². The highest BCUT2D eigenvalue weighted by Crippen LogP contribution is 2.48. The van der Waals surface area contributed by atoms with Gasteiger partial charge in [0, 0.05) is 6.54 Å². The van der Waals surface area contributed by atoms with Crippen molar-refractivity contribution in [2.24, 2.45) is 5.92 Å². The zero-order valence-corrected chi connectivity index (χ0v) is 12.4. The molecule has 0 radical (unpaired) electrons. The minimum atomic E-state index is -3.51. The van der Waals surface area contributed by atoms with Crippen molar-refractivity contribution >= 4 is 16.0 Å². The summed E-state index contributed by atoms with van der Waals surface area (Å²) in [5, 5.41) is 9.20. The number of carbonyl (C=O) groups is 1. The van der Waals surface area contributed by atoms with Gasteiger partial charge in [-0.3, -0.25) is 4.79 Å². The van der Waals surface area contributed by atoms with Crippen LogP contribution in [-0.4, -0.2) is 26.0 Å². The van der Waals surface area contributed by atoms with Crippen LogP contribution in [0.3, 0.4) is 0 Å². The second-order valence-corrected chi connectivity index (χ2v) is 7.42. The molecule has 2 N–H and O–H groups in total. The molecule has 2 rings (SSSR count). The molecule has 0 unspecified atom stereocenters. The second kappa shape index (κ2) is 5.18. The van der Waals surface area contributed by atoms with Crippen molar-refractivity contribution in [2.75, 3.05) is 6.54 Å². The fraction of sp³-hybridized carbons (Fsp3) is 0.500. The molecule has 1 aliphatic carbocycles. The van der Waals surface area contributed by atoms with Gasteiger partial charge in [-0.1, -0.05) is 26.0 Å². The van der Waals surface area contributed by atoms with Crippen LogP contribution in [0.1, 0.15) is 32.3 Å². The van der Waals surface area contributed by atoms with Gasteiger partial charge in [0.1, 0.15) is 0 Å². The smallest absolute Gasteiger partial charge is 0.314 e. The number of nitrogens with one attached hydrogen (secondary N) is 1. The minimum absolute atomic E-state index is 0.170. The fourth-order valence-corrected chi connectivity index (χ4v) is 3.28. The Kier molecular flexibility index (Phi) is 3.88. The molecule has 0 aromatic heterocycles. The lowest BCUT2D eigenvalue weighted by molar-refractivity contribution is -0.140. The molecule has 20 heavy (non-hydrogen) atoms. The van der Waals surface area contributed by atoms with Crippen molar-refractivity contribution in [2.45, 2.75) is 37.0 Å². The van der Waals surface area contributed by atoms with Crippen LogP contribution >= 0.6 is 0 Å². The van der Waals surface area contributed by atoms with Gasteiger partial charge in [0.05, 0.1) is 10.3 Å². The van der Waals surface area contributed by atoms with Crippen LogP contribution in [0.15, 0.2) is 29.2 Å². The first-order valence-corrected chi connectivity index (χ1v) is 8.10. The summed E-state index contributed by atoms with van der Waals surface area (Å²) >= 11 is 0. The summed E-state index contributed by atoms with van der Waals surface area (Å²) in [6, 6.07) is 6.15. The second-order valence-electron chi connectivity index (χ2n) is 5.66. The third-order valence-electron chi connectivity index (χ3n) is 3.56. The maximum Gasteiger partial charge on any atom is 0.314 e. The summed E-state index contributed by atoms with van der Waals surface area (Å²) in [7, 11) is -3.51. The Morgan fingerprint density at radius 2 is 1.85 bits per heavy atom. The number of rotatable bonds is 6. The van der Waals surface area contributed by atoms with Gasteiger partial charge in [0.2, 0.25) is 10.0 Å². The first-order chi connectivity index (χ1) is 9.28. The summed E-state index contributed by atoms with van der Waals surface area (Å²) in [5.41, 5.74) is -0.124. The molecular formula is C14H19NO4S. The number of hydrogen-bond donors (Lipinski definition) is 2. The number of benzene rings is 1. The lowest BCUT2D eigenvalue weighted by atomic mass is 9.96. The average Bonchev–Trinajstić information content (AvgIpc) is 3.18. The van der Waals surface area contributed by atoms with Gasteiger partial charge in [0.15, 0.2) is 0 Å². The maximum absolute atomic E-state index is 12.0. The molecule has 0 spiro atoms. The van der Waals surface area contributed by atoms with Gasteiger partial charge in [-0.2, -0.15) is 0 Å². The van der Waals surface area contributed by atoms with Crippen molar-refractivity contribution in [1.29, 1.82) is 0 Å². The van der Waals surface area contributed by atoms with Gasteiger partial charge in [-0.25, -0.2) is 13.1 Å². The SMILES string of the molecule is CC(C)CNS(=O)(=O)c1ccc(C2(C(=O)O)CC2)cc1. The van der Waals surface area contributed by atoms with E-state index in [4.69, 9.17) is 0 Å². The largest absolute Gasteiger partial charge is 0.481 e. The first-order valence-electron chi connectivity index (χ1n) is 6.61. The minimum Gasteiger partial charge on any atom is -0.481 e. The third kappa shape index (κ3) is 2.86. The van der Waals surface area contributed by atoms with Gasteiger partial charge in [0.25, 0.3) is 0 Å². The predicted molar refractivity (Wildman–Crippen MR) is 75.0 cm³/mol. The Hall–Kier alpha value is -1.40. The van der Waals surface area contributed by atoms with Crippen LogP contribution < -0.4 is 4.72 Å². The molecule has 5 nitrogen and oxygen atoms in total. The Morgan fingerprint density at radius 1 is 1.30 bits per heavy atom. The van der Waals surface area contributed by atoms with Crippen LogP contribution in [0.25, 0.3) is 0 Å². The van der Waals surface area contributed by atoms with Crippen molar-refractivity contribution in [3.05, 3.63) is 29.8 Å². The highest BCUT2D eigenvalue weighted by atomic mass is 32.2. The van der Waals surface area contributed by atoms with E-state index in [1.807, 2.05) is 13.8 Å². The van der Waals surface area contributed by atoms with E-state index in [1.165, 1.54) is 12.1 Å². The van der Waals surface area contributed by atoms with Crippen molar-refractivity contribution < 1.29 is 18.3 Å². The van der Waals surface area contributed by atoms with Crippen molar-refractivity contribution in [1.82, 2.24) is 4.72 Å². The molecule has 1 aliphatic rings. The number of carboxylic acids is 1. The van der Waals surface area contributed by atoms with Crippen LogP contribution in [0, 0.1) is 5.92 Å². The summed E-state index contributed by atoms with van der Waals surface area (Å²) in [6.07, 6.45) is 1.22. The Morgan fingerprint density at radius 3 is 2.25 bits per heavy atom. The van der Waals surface area contributed by atoms with E-state index in [0.29, 0.717) is 24.9 Å². The number of sulfonamides is 1. The van der Waals surface area contributed by atoms with E-state index in [2.05, 4.69) is 4.72 Å². The van der Waals surface area contributed by atoms with Crippen molar-refractivity contribution in [3.63, 3.8) is 0 Å². The average molecular weight is 297 g/mol. The molecule has 1 saturated carbocycles. The Labute approximate surface area is 119 Å². The van der Waals surface area contributed by atoms with E-state index in [1.54, 1.807) is 12.1 Å². The lowest BCUT2D eigenvalue weighted by Crippen LogP contribution is -2.27. The topological polar surface area (TPSA) is 83.5 Å². The molecule has 0 amide bonds. The standard InChI is InChI=1S/C14H19NO4S/c1-10(2)9-15-20(18,19)12-5-3-11(4-6-12)14(7-8-14)13(16)17/h3-6,10,15H,7-9H2,1-2H3,(H,16,17). The predicted octanol–water partition coefficient (Wildman–Crippen LogP) is 1.74. The zero-order chi connectivity index (χ0) is 15.0. The first kappa shape index (κ1) is 15.0. The van der Waals surface area contributed by atoms with E-state index in [9.17, 15) is 18.3 Å². The molecular weight excluding hydrogens is 278 g/mol. The Bertz CT molecular complexity index is 601. The molecule has 0 atom stereocenters. The molecule has 0 saturated heterocycles. The van der Waals surface area contributed by atoms with Gasteiger partial charge >= 0.3 is 5.97 Å². The highest BCUT2D eigenvalue weighted by Gasteiger charge is 2.51. The van der Waals surface area contributed by atoms with Crippen LogP contribution in [0.4, 0.5) is 0 Å². The van der Waals surface area contributed by atoms with Crippen LogP contribution in [0.2, 0.25) is 0 Å². The quantitative estimate of drug-likeness (QED) is 0.837. The van der Waals surface area contributed by atoms with E-state index >= 15 is 0 Å². The van der Waals surface area contributed by atoms with Gasteiger partial charge < -0.3 is 5.11 Å². The third-order valence-corrected chi connectivity index (χ3v) is 5.00. The summed E-state index contributed by atoms with van der Waals surface area (Å²) in [6.45, 7) is 4.23. The molecule has 1 aromatic rings. The Balaban J connectivity index is 2.19. The monoisotopic (exact) mass is 297 g/mol. The molecule has 1 aromatic carbocycles. The number of aliphatic carboxylic acids is 1. The molecule has 0 bridgehead atoms. The lowest BCUT2D eigenvalue weighted by Gasteiger charge is -2.12. The molecule has 0 heterocycles. The summed E-state index contributed by atoms with van der Waals surface area (Å²) < 4.78 is 26.6. The van der Waals surface area contributed by atoms with Crippen LogP contribution in [-0.2, 0) is 20.2 Å².